The van der Waals surface area contributed by atoms with Crippen LogP contribution in [0.4, 0.5) is 0 Å². The molecule has 0 fully saturated rings. The lowest BCUT2D eigenvalue weighted by molar-refractivity contribution is -0.398. The number of rotatable bonds is 0. The summed E-state index contributed by atoms with van der Waals surface area (Å²) >= 11 is 0. The minimum atomic E-state index is 0. The van der Waals surface area contributed by atoms with Crippen LogP contribution < -0.4 is 11.5 Å². The lowest BCUT2D eigenvalue weighted by Gasteiger charge is -1.36. The Morgan fingerprint density at radius 2 is 1.75 bits per heavy atom. The Hall–Kier alpha value is -0.640. The highest BCUT2D eigenvalue weighted by atomic mass is 16.6. The fraction of sp³-hybridized carbons (Fsp3) is 0. The van der Waals surface area contributed by atoms with Gasteiger partial charge < -0.3 is 0 Å². The van der Waals surface area contributed by atoms with Gasteiger partial charge in [-0.15, -0.1) is 0 Å². The Balaban J connectivity index is 0. The van der Waals surface area contributed by atoms with Gasteiger partial charge in [-0.1, -0.05) is 0 Å². The van der Waals surface area contributed by atoms with Gasteiger partial charge in [0.25, 0.3) is 0 Å². The van der Waals surface area contributed by atoms with Crippen LogP contribution in [0.2, 0.25) is 0 Å². The molecule has 0 bridgehead atoms. The fourth-order valence-electron chi connectivity index (χ4n) is 0. The van der Waals surface area contributed by atoms with E-state index in [-0.39, 0.29) is 11.5 Å². The molecule has 0 aliphatic heterocycles. The topological polar surface area (TPSA) is 84.6 Å². The molecule has 0 aliphatic rings. The van der Waals surface area contributed by atoms with Gasteiger partial charge in [-0.3, -0.25) is 10.1 Å². The highest BCUT2D eigenvalue weighted by molar-refractivity contribution is 3.77. The average Bonchev–Trinajstić information content (AvgIpc) is 0.918. The molecule has 0 aromatic carbocycles. The molecule has 0 aromatic heterocycles. The summed E-state index contributed by atoms with van der Waals surface area (Å²) in [4.78, 5) is 8.12. The van der Waals surface area contributed by atoms with E-state index in [4.69, 9.17) is 10.1 Å². The molecule has 4 heavy (non-hydrogen) atoms. The van der Waals surface area contributed by atoms with Crippen LogP contribution in [-0.4, -0.2) is 0 Å². The third-order valence-corrected chi connectivity index (χ3v) is 0. The summed E-state index contributed by atoms with van der Waals surface area (Å²) in [6.07, 6.45) is 0. The smallest absolute Gasteiger partial charge is 0.00366 e. The maximum Gasteiger partial charge on any atom is 0.00366 e. The maximum atomic E-state index is 8.12. The molecule has 0 amide bonds. The first-order valence-electron chi connectivity index (χ1n) is 0.408. The van der Waals surface area contributed by atoms with Gasteiger partial charge in [0.05, 0.1) is 0 Å². The Morgan fingerprint density at radius 3 is 1.75 bits per heavy atom. The molecule has 0 aliphatic carbocycles. The zero-order valence-electron chi connectivity index (χ0n) is 1.76. The van der Waals surface area contributed by atoms with Gasteiger partial charge in [0.15, 0.2) is 0 Å². The van der Waals surface area contributed by atoms with Crippen molar-refractivity contribution >= 4 is 0 Å². The molecule has 0 unspecified atom stereocenters. The molecule has 4 nitrogen and oxygen atoms in total. The van der Waals surface area contributed by atoms with E-state index in [1.165, 1.54) is 0 Å². The summed E-state index contributed by atoms with van der Waals surface area (Å²) in [5.74, 6) is 0. The summed E-state index contributed by atoms with van der Waals surface area (Å²) in [6.45, 7) is 0. The fourth-order valence-corrected chi connectivity index (χ4v) is 0. The Morgan fingerprint density at radius 1 is 1.75 bits per heavy atom. The van der Waals surface area contributed by atoms with Gasteiger partial charge in [-0.25, -0.2) is 0 Å². The first-order valence-corrected chi connectivity index (χ1v) is 0.408. The lowest BCUT2D eigenvalue weighted by Crippen LogP contribution is -2.53. The standard InChI is InChI=1S/HNO2.N/c2-1-3;/h1H;. The van der Waals surface area contributed by atoms with Crippen molar-refractivity contribution in [2.45, 2.75) is 0 Å². The Labute approximate surface area is 23.0 Å². The molecular formula is HN2O2. The molecule has 0 rings (SSSR count). The number of nitrogens with one attached hydrogen (secondary N) is 1. The second-order valence-electron chi connectivity index (χ2n) is 0.0833. The summed E-state index contributed by atoms with van der Waals surface area (Å²) < 4.78 is 0. The van der Waals surface area contributed by atoms with Crippen molar-refractivity contribution in [3.05, 3.63) is 10.1 Å². The van der Waals surface area contributed by atoms with Crippen molar-refractivity contribution < 1.29 is 5.34 Å². The monoisotopic (exact) mass is 61.0 g/mol. The molecule has 0 saturated carbocycles. The van der Waals surface area contributed by atoms with Crippen molar-refractivity contribution in [3.63, 3.8) is 0 Å². The first kappa shape index (κ1) is 10.1. The number of hydrogen-bond acceptors (Lipinski definition) is 2. The molecule has 1 N–H and O–H groups in total. The van der Waals surface area contributed by atoms with Gasteiger partial charge in [0.1, 0.15) is 0 Å². The van der Waals surface area contributed by atoms with Gasteiger partial charge in [-0.2, -0.15) is 0 Å². The van der Waals surface area contributed by atoms with Crippen molar-refractivity contribution in [2.24, 2.45) is 0 Å². The quantitative estimate of drug-likeness (QED) is 0.256. The second kappa shape index (κ2) is 33.7. The van der Waals surface area contributed by atoms with E-state index < -0.39 is 0 Å². The van der Waals surface area contributed by atoms with E-state index in [1.807, 2.05) is 0 Å². The lowest BCUT2D eigenvalue weighted by atomic mass is 13.4. The zero-order chi connectivity index (χ0) is 2.71. The van der Waals surface area contributed by atoms with Crippen LogP contribution in [0, 0.1) is 10.1 Å². The number of hydrogen-bond donors (Lipinski definition) is 1. The normalized spacial score (nSPS) is 3.00. The molecule has 4 heteroatoms. The van der Waals surface area contributed by atoms with Crippen LogP contribution >= 0.6 is 0 Å². The molecule has 23 valence electrons. The predicted molar refractivity (Wildman–Crippen MR) is 9.83 cm³/mol. The van der Waals surface area contributed by atoms with Crippen molar-refractivity contribution in [2.75, 3.05) is 0 Å². The van der Waals surface area contributed by atoms with E-state index in [0.29, 0.717) is 0 Å². The van der Waals surface area contributed by atoms with Crippen LogP contribution in [0.1, 0.15) is 0 Å². The van der Waals surface area contributed by atoms with Crippen molar-refractivity contribution in [1.82, 2.24) is 6.15 Å². The Bertz CT molecular complexity index is 11.5. The summed E-state index contributed by atoms with van der Waals surface area (Å²) in [5.41, 5.74) is 0. The average molecular weight is 61.0 g/mol. The zero-order valence-corrected chi connectivity index (χ0v) is 1.76. The Kier molecular flexibility index (Phi) is 85.2. The van der Waals surface area contributed by atoms with Crippen LogP contribution in [0.15, 0.2) is 0 Å². The predicted octanol–water partition coefficient (Wildman–Crippen LogP) is -2.15. The molecule has 0 atom stereocenters. The minimum Gasteiger partial charge on any atom is -0.267 e. The minimum absolute atomic E-state index is 0. The van der Waals surface area contributed by atoms with E-state index in [9.17, 15) is 0 Å². The number of nitrogens with zero attached hydrogens (tertiary/aromatic N) is 1. The van der Waals surface area contributed by atoms with Gasteiger partial charge in [0.2, 0.25) is 0 Å². The third-order valence-electron chi connectivity index (χ3n) is 0. The molecule has 3 radical (unpaired) electrons. The molecule has 0 spiro atoms. The highest BCUT2D eigenvalue weighted by Gasteiger charge is 1.10. The third kappa shape index (κ3) is 0.430. The molecule has 0 saturated heterocycles. The van der Waals surface area contributed by atoms with Crippen LogP contribution in [-0.2, 0) is 0 Å². The largest absolute Gasteiger partial charge is 0.267 e. The molecule has 0 aromatic rings. The molecular weight excluding hydrogens is 60.0 g/mol. The van der Waals surface area contributed by atoms with E-state index >= 15 is 0 Å². The van der Waals surface area contributed by atoms with Gasteiger partial charge in [-0.05, 0) is 0 Å². The maximum absolute atomic E-state index is 8.12. The van der Waals surface area contributed by atoms with Crippen molar-refractivity contribution in [3.8, 4) is 0 Å². The van der Waals surface area contributed by atoms with E-state index in [1.54, 1.807) is 0 Å². The highest BCUT2D eigenvalue weighted by Crippen LogP contribution is 0.618. The second-order valence-corrected chi connectivity index (χ2v) is 0.0833. The van der Waals surface area contributed by atoms with Crippen molar-refractivity contribution in [1.29, 1.82) is 0 Å². The van der Waals surface area contributed by atoms with Gasteiger partial charge in [0, 0.05) is 11.5 Å². The van der Waals surface area contributed by atoms with Crippen LogP contribution in [0.25, 0.3) is 0 Å². The SMILES string of the molecule is O=[NH+][O-].[N]. The molecule has 0 heterocycles. The van der Waals surface area contributed by atoms with Crippen LogP contribution in [0.5, 0.6) is 0 Å². The van der Waals surface area contributed by atoms with E-state index in [0.717, 1.165) is 0 Å². The summed E-state index contributed by atoms with van der Waals surface area (Å²) in [7, 11) is 0. The first-order chi connectivity index (χ1) is 1.41. The van der Waals surface area contributed by atoms with Gasteiger partial charge >= 0.3 is 0 Å². The van der Waals surface area contributed by atoms with Crippen LogP contribution in [0.3, 0.4) is 0 Å². The summed E-state index contributed by atoms with van der Waals surface area (Å²) in [5, 5.41) is 8.38. The summed E-state index contributed by atoms with van der Waals surface area (Å²) in [6, 6.07) is 0. The van der Waals surface area contributed by atoms with E-state index in [2.05, 4.69) is 0 Å².